The molecule has 0 aromatic heterocycles. The van der Waals surface area contributed by atoms with Gasteiger partial charge in [0.05, 0.1) is 5.56 Å². The smallest absolute Gasteiger partial charge is 0.338 e. The van der Waals surface area contributed by atoms with Crippen molar-refractivity contribution >= 4 is 17.8 Å². The summed E-state index contributed by atoms with van der Waals surface area (Å²) >= 11 is 0. The van der Waals surface area contributed by atoms with Crippen molar-refractivity contribution in [2.75, 3.05) is 13.2 Å². The molecule has 2 aromatic rings. The lowest BCUT2D eigenvalue weighted by Gasteiger charge is -2.25. The molecule has 0 spiro atoms. The quantitative estimate of drug-likeness (QED) is 0.618. The summed E-state index contributed by atoms with van der Waals surface area (Å²) in [5, 5.41) is 0. The van der Waals surface area contributed by atoms with Crippen LogP contribution >= 0.6 is 0 Å². The number of esters is 1. The molecule has 8 heteroatoms. The molecule has 0 saturated carbocycles. The van der Waals surface area contributed by atoms with Crippen LogP contribution in [-0.2, 0) is 14.3 Å². The van der Waals surface area contributed by atoms with E-state index in [9.17, 15) is 14.4 Å². The highest BCUT2D eigenvalue weighted by molar-refractivity contribution is 5.91. The molecule has 1 aliphatic heterocycles. The van der Waals surface area contributed by atoms with Crippen LogP contribution in [0.25, 0.3) is 0 Å². The highest BCUT2D eigenvalue weighted by atomic mass is 16.6. The van der Waals surface area contributed by atoms with Crippen molar-refractivity contribution < 1.29 is 28.6 Å². The van der Waals surface area contributed by atoms with Gasteiger partial charge in [0, 0.05) is 0 Å². The largest absolute Gasteiger partial charge is 0.485 e. The highest BCUT2D eigenvalue weighted by Gasteiger charge is 2.27. The number of nitrogens with one attached hydrogen (secondary N) is 2. The van der Waals surface area contributed by atoms with Crippen LogP contribution in [0.5, 0.6) is 11.5 Å². The zero-order valence-corrected chi connectivity index (χ0v) is 14.6. The number of amides is 2. The van der Waals surface area contributed by atoms with Crippen LogP contribution in [0, 0.1) is 6.92 Å². The molecule has 0 radical (unpaired) electrons. The first-order valence-corrected chi connectivity index (χ1v) is 8.24. The molecular weight excluding hydrogens is 352 g/mol. The molecule has 2 N–H and O–H groups in total. The molecule has 140 valence electrons. The Bertz CT molecular complexity index is 850. The van der Waals surface area contributed by atoms with E-state index in [1.54, 1.807) is 48.5 Å². The third-order valence-corrected chi connectivity index (χ3v) is 3.75. The van der Waals surface area contributed by atoms with Crippen LogP contribution in [0.2, 0.25) is 0 Å². The van der Waals surface area contributed by atoms with E-state index in [0.29, 0.717) is 17.1 Å². The van der Waals surface area contributed by atoms with E-state index in [1.807, 2.05) is 6.92 Å². The lowest BCUT2D eigenvalue weighted by atomic mass is 10.1. The Kier molecular flexibility index (Phi) is 5.55. The Hall–Kier alpha value is -3.55. The van der Waals surface area contributed by atoms with Crippen LogP contribution in [-0.4, -0.2) is 37.1 Å². The SMILES string of the molecule is Cc1ccc(C(=O)OCC(=O)NNC(=O)C2COc3ccccc3O2)cc1. The van der Waals surface area contributed by atoms with Gasteiger partial charge in [-0.05, 0) is 31.2 Å². The normalized spacial score (nSPS) is 14.8. The molecule has 0 fully saturated rings. The predicted molar refractivity (Wildman–Crippen MR) is 94.1 cm³/mol. The molecule has 0 saturated heterocycles. The van der Waals surface area contributed by atoms with Gasteiger partial charge in [0.15, 0.2) is 18.1 Å². The Morgan fingerprint density at radius 2 is 1.74 bits per heavy atom. The molecule has 3 rings (SSSR count). The van der Waals surface area contributed by atoms with Gasteiger partial charge in [0.25, 0.3) is 11.8 Å². The molecule has 1 heterocycles. The van der Waals surface area contributed by atoms with Gasteiger partial charge < -0.3 is 14.2 Å². The van der Waals surface area contributed by atoms with Gasteiger partial charge in [-0.25, -0.2) is 4.79 Å². The number of carbonyl (C=O) groups is 3. The van der Waals surface area contributed by atoms with Crippen LogP contribution in [0.4, 0.5) is 0 Å². The number of fused-ring (bicyclic) bond motifs is 1. The van der Waals surface area contributed by atoms with Crippen molar-refractivity contribution in [2.24, 2.45) is 0 Å². The van der Waals surface area contributed by atoms with E-state index >= 15 is 0 Å². The molecule has 2 aromatic carbocycles. The first-order chi connectivity index (χ1) is 13.0. The molecular formula is C19H18N2O6. The van der Waals surface area contributed by atoms with Crippen LogP contribution in [0.15, 0.2) is 48.5 Å². The summed E-state index contributed by atoms with van der Waals surface area (Å²) in [5.41, 5.74) is 5.73. The van der Waals surface area contributed by atoms with E-state index in [0.717, 1.165) is 5.56 Å². The number of aryl methyl sites for hydroxylation is 1. The third kappa shape index (κ3) is 4.75. The van der Waals surface area contributed by atoms with Crippen molar-refractivity contribution in [1.29, 1.82) is 0 Å². The Balaban J connectivity index is 1.42. The van der Waals surface area contributed by atoms with E-state index < -0.39 is 30.5 Å². The molecule has 27 heavy (non-hydrogen) atoms. The maximum Gasteiger partial charge on any atom is 0.338 e. The average Bonchev–Trinajstić information content (AvgIpc) is 2.70. The summed E-state index contributed by atoms with van der Waals surface area (Å²) in [5.74, 6) is -0.892. The van der Waals surface area contributed by atoms with Crippen LogP contribution in [0.3, 0.4) is 0 Å². The molecule has 1 aliphatic rings. The molecule has 1 atom stereocenters. The summed E-state index contributed by atoms with van der Waals surface area (Å²) in [7, 11) is 0. The van der Waals surface area contributed by atoms with Gasteiger partial charge in [0.1, 0.15) is 6.61 Å². The summed E-state index contributed by atoms with van der Waals surface area (Å²) in [6, 6.07) is 13.7. The number of hydrazine groups is 1. The fourth-order valence-electron chi connectivity index (χ4n) is 2.30. The van der Waals surface area contributed by atoms with Crippen molar-refractivity contribution in [3.8, 4) is 11.5 Å². The lowest BCUT2D eigenvalue weighted by molar-refractivity contribution is -0.135. The fourth-order valence-corrected chi connectivity index (χ4v) is 2.30. The molecule has 1 unspecified atom stereocenters. The number of benzene rings is 2. The standard InChI is InChI=1S/C19H18N2O6/c1-12-6-8-13(9-7-12)19(24)26-11-17(22)20-21-18(23)16-10-25-14-4-2-3-5-15(14)27-16/h2-9,16H,10-11H2,1H3,(H,20,22)(H,21,23). The number of para-hydroxylation sites is 2. The van der Waals surface area contributed by atoms with Crippen molar-refractivity contribution in [3.63, 3.8) is 0 Å². The zero-order valence-electron chi connectivity index (χ0n) is 14.6. The first-order valence-electron chi connectivity index (χ1n) is 8.24. The van der Waals surface area contributed by atoms with Crippen LogP contribution in [0.1, 0.15) is 15.9 Å². The lowest BCUT2D eigenvalue weighted by Crippen LogP contribution is -2.51. The van der Waals surface area contributed by atoms with E-state index in [1.165, 1.54) is 0 Å². The van der Waals surface area contributed by atoms with Crippen LogP contribution < -0.4 is 20.3 Å². The fraction of sp³-hybridized carbons (Fsp3) is 0.211. The Labute approximate surface area is 155 Å². The van der Waals surface area contributed by atoms with E-state index in [4.69, 9.17) is 14.2 Å². The number of ether oxygens (including phenoxy) is 3. The summed E-state index contributed by atoms with van der Waals surface area (Å²) < 4.78 is 15.8. The van der Waals surface area contributed by atoms with Gasteiger partial charge in [-0.3, -0.25) is 20.4 Å². The first kappa shape index (κ1) is 18.2. The summed E-state index contributed by atoms with van der Waals surface area (Å²) in [6.07, 6.45) is -0.907. The number of rotatable bonds is 4. The molecule has 0 bridgehead atoms. The number of hydrogen-bond donors (Lipinski definition) is 2. The van der Waals surface area contributed by atoms with Gasteiger partial charge in [-0.1, -0.05) is 29.8 Å². The maximum atomic E-state index is 12.1. The minimum atomic E-state index is -0.907. The summed E-state index contributed by atoms with van der Waals surface area (Å²) in [4.78, 5) is 35.6. The zero-order chi connectivity index (χ0) is 19.2. The van der Waals surface area contributed by atoms with Gasteiger partial charge in [-0.15, -0.1) is 0 Å². The number of hydrogen-bond acceptors (Lipinski definition) is 6. The Morgan fingerprint density at radius 1 is 1.04 bits per heavy atom. The van der Waals surface area contributed by atoms with Crippen molar-refractivity contribution in [1.82, 2.24) is 10.9 Å². The Morgan fingerprint density at radius 3 is 2.48 bits per heavy atom. The number of carbonyl (C=O) groups excluding carboxylic acids is 3. The average molecular weight is 370 g/mol. The maximum absolute atomic E-state index is 12.1. The second kappa shape index (κ2) is 8.22. The second-order valence-corrected chi connectivity index (χ2v) is 5.84. The van der Waals surface area contributed by atoms with E-state index in [-0.39, 0.29) is 6.61 Å². The third-order valence-electron chi connectivity index (χ3n) is 3.75. The van der Waals surface area contributed by atoms with Crippen molar-refractivity contribution in [3.05, 3.63) is 59.7 Å². The highest BCUT2D eigenvalue weighted by Crippen LogP contribution is 2.30. The van der Waals surface area contributed by atoms with Gasteiger partial charge >= 0.3 is 5.97 Å². The molecule has 2 amide bonds. The molecule has 8 nitrogen and oxygen atoms in total. The van der Waals surface area contributed by atoms with E-state index in [2.05, 4.69) is 10.9 Å². The topological polar surface area (TPSA) is 103 Å². The summed E-state index contributed by atoms with van der Waals surface area (Å²) in [6.45, 7) is 1.38. The monoisotopic (exact) mass is 370 g/mol. The molecule has 0 aliphatic carbocycles. The van der Waals surface area contributed by atoms with Crippen molar-refractivity contribution in [2.45, 2.75) is 13.0 Å². The second-order valence-electron chi connectivity index (χ2n) is 5.84. The van der Waals surface area contributed by atoms with Gasteiger partial charge in [-0.2, -0.15) is 0 Å². The van der Waals surface area contributed by atoms with Gasteiger partial charge in [0.2, 0.25) is 6.10 Å². The minimum absolute atomic E-state index is 0.0150. The predicted octanol–water partition coefficient (Wildman–Crippen LogP) is 1.14. The minimum Gasteiger partial charge on any atom is -0.485 e.